The van der Waals surface area contributed by atoms with Crippen LogP contribution in [0.2, 0.25) is 0 Å². The van der Waals surface area contributed by atoms with E-state index in [1.54, 1.807) is 30.3 Å². The number of rotatable bonds is 4. The Morgan fingerprint density at radius 1 is 1.04 bits per heavy atom. The van der Waals surface area contributed by atoms with Crippen LogP contribution in [0.4, 0.5) is 0 Å². The summed E-state index contributed by atoms with van der Waals surface area (Å²) in [5, 5.41) is -2.18. The Morgan fingerprint density at radius 2 is 1.62 bits per heavy atom. The van der Waals surface area contributed by atoms with Gasteiger partial charge >= 0.3 is 0 Å². The average molecular weight is 372 g/mol. The first-order chi connectivity index (χ1) is 11.0. The van der Waals surface area contributed by atoms with Gasteiger partial charge in [0.05, 0.1) is 11.4 Å². The fourth-order valence-electron chi connectivity index (χ4n) is 2.43. The van der Waals surface area contributed by atoms with Crippen molar-refractivity contribution in [3.05, 3.63) is 65.5 Å². The van der Waals surface area contributed by atoms with E-state index in [9.17, 15) is 25.9 Å². The lowest BCUT2D eigenvalue weighted by atomic mass is 9.94. The van der Waals surface area contributed by atoms with Crippen LogP contribution in [0.15, 0.2) is 60.0 Å². The molecule has 6 N–H and O–H groups in total. The zero-order chi connectivity index (χ0) is 18.2. The fourth-order valence-corrected chi connectivity index (χ4v) is 5.12. The van der Waals surface area contributed by atoms with Gasteiger partial charge in [-0.05, 0) is 11.6 Å². The highest BCUT2D eigenvalue weighted by Gasteiger charge is 2.55. The van der Waals surface area contributed by atoms with E-state index < -0.39 is 35.9 Å². The number of hydrogen-bond donors (Lipinski definition) is 4. The summed E-state index contributed by atoms with van der Waals surface area (Å²) in [4.78, 5) is 0. The molecule has 0 amide bonds. The van der Waals surface area contributed by atoms with Gasteiger partial charge in [0, 0.05) is 0 Å². The molecule has 0 spiro atoms. The van der Waals surface area contributed by atoms with E-state index in [1.807, 2.05) is 0 Å². The number of benzene rings is 1. The van der Waals surface area contributed by atoms with Gasteiger partial charge in [-0.25, -0.2) is 0 Å². The smallest absolute Gasteiger partial charge is 0.279 e. The molecule has 0 aliphatic heterocycles. The van der Waals surface area contributed by atoms with Crippen LogP contribution in [-0.4, -0.2) is 35.9 Å². The molecule has 1 aromatic carbocycles. The molecule has 1 aliphatic carbocycles. The van der Waals surface area contributed by atoms with Crippen molar-refractivity contribution in [1.82, 2.24) is 0 Å². The lowest BCUT2D eigenvalue weighted by molar-refractivity contribution is 0.437. The number of hydrogen-bond acceptors (Lipinski definition) is 6. The molecule has 0 radical (unpaired) electrons. The second-order valence-corrected chi connectivity index (χ2v) is 8.37. The first-order valence-electron chi connectivity index (χ1n) is 6.61. The van der Waals surface area contributed by atoms with Crippen LogP contribution in [0, 0.1) is 0 Å². The second-order valence-electron chi connectivity index (χ2n) is 5.21. The number of nitrogens with two attached hydrogens (primary N) is 2. The third-order valence-electron chi connectivity index (χ3n) is 3.63. The van der Waals surface area contributed by atoms with Crippen LogP contribution in [0.5, 0.6) is 0 Å². The molecule has 8 nitrogen and oxygen atoms in total. The first kappa shape index (κ1) is 18.2. The molecule has 0 fully saturated rings. The normalized spacial score (nSPS) is 25.3. The van der Waals surface area contributed by atoms with Gasteiger partial charge in [0.25, 0.3) is 20.2 Å². The van der Waals surface area contributed by atoms with Crippen LogP contribution in [0.1, 0.15) is 5.56 Å². The van der Waals surface area contributed by atoms with E-state index in [-0.39, 0.29) is 5.70 Å². The minimum Gasteiger partial charge on any atom is -0.399 e. The average Bonchev–Trinajstić information content (AvgIpc) is 2.47. The highest BCUT2D eigenvalue weighted by atomic mass is 32.2. The highest BCUT2D eigenvalue weighted by Crippen LogP contribution is 2.36. The van der Waals surface area contributed by atoms with Crippen molar-refractivity contribution in [2.75, 3.05) is 0 Å². The summed E-state index contributed by atoms with van der Waals surface area (Å²) < 4.78 is 64.2. The third kappa shape index (κ3) is 3.22. The fraction of sp³-hybridized carbons (Fsp3) is 0.143. The summed E-state index contributed by atoms with van der Waals surface area (Å²) >= 11 is 0. The third-order valence-corrected chi connectivity index (χ3v) is 6.42. The van der Waals surface area contributed by atoms with E-state index in [4.69, 9.17) is 11.5 Å². The van der Waals surface area contributed by atoms with Gasteiger partial charge in [-0.15, -0.1) is 0 Å². The first-order valence-corrected chi connectivity index (χ1v) is 9.55. The molecule has 0 heterocycles. The Bertz CT molecular complexity index is 933. The lowest BCUT2D eigenvalue weighted by Gasteiger charge is -2.34. The molecule has 24 heavy (non-hydrogen) atoms. The molecular weight excluding hydrogens is 356 g/mol. The van der Waals surface area contributed by atoms with Crippen molar-refractivity contribution in [3.8, 4) is 0 Å². The highest BCUT2D eigenvalue weighted by molar-refractivity contribution is 7.91. The lowest BCUT2D eigenvalue weighted by Crippen LogP contribution is -2.54. The number of allylic oxidation sites excluding steroid dienone is 1. The predicted molar refractivity (Wildman–Crippen MR) is 89.6 cm³/mol. The van der Waals surface area contributed by atoms with Crippen LogP contribution in [0.3, 0.4) is 0 Å². The van der Waals surface area contributed by atoms with Crippen molar-refractivity contribution in [1.29, 1.82) is 0 Å². The van der Waals surface area contributed by atoms with Gasteiger partial charge in [0.15, 0.2) is 10.00 Å². The van der Waals surface area contributed by atoms with Crippen molar-refractivity contribution < 1.29 is 25.9 Å². The molecule has 1 aromatic rings. The summed E-state index contributed by atoms with van der Waals surface area (Å²) in [5.74, 6) is 0. The molecule has 130 valence electrons. The van der Waals surface area contributed by atoms with Crippen molar-refractivity contribution in [2.45, 2.75) is 10.00 Å². The Labute approximate surface area is 139 Å². The standard InChI is InChI=1S/C14H16N2O6S2/c15-11-7-9-14(24(20,21)22,13(12(11)16)23(17,18)19)8-6-10-4-2-1-3-5-10/h1-9,13H,15-16H2,(H,17,18,19)(H,20,21,22). The summed E-state index contributed by atoms with van der Waals surface area (Å²) in [6, 6.07) is 8.37. The van der Waals surface area contributed by atoms with Crippen LogP contribution >= 0.6 is 0 Å². The van der Waals surface area contributed by atoms with Gasteiger partial charge in [0.1, 0.15) is 0 Å². The topological polar surface area (TPSA) is 161 Å². The molecule has 0 saturated carbocycles. The van der Waals surface area contributed by atoms with Crippen molar-refractivity contribution in [2.24, 2.45) is 11.5 Å². The van der Waals surface area contributed by atoms with Gasteiger partial charge in [-0.2, -0.15) is 16.8 Å². The Hall–Kier alpha value is -2.14. The van der Waals surface area contributed by atoms with Gasteiger partial charge in [0.2, 0.25) is 0 Å². The SMILES string of the molecule is NC1=C(N)C(S(=O)(=O)O)C(C=Cc2ccccc2)(S(=O)(=O)O)C=C1. The quantitative estimate of drug-likeness (QED) is 0.548. The van der Waals surface area contributed by atoms with Crippen LogP contribution in [-0.2, 0) is 20.2 Å². The largest absolute Gasteiger partial charge is 0.399 e. The Morgan fingerprint density at radius 3 is 2.12 bits per heavy atom. The molecule has 0 aromatic heterocycles. The second kappa shape index (κ2) is 6.06. The maximum absolute atomic E-state index is 12.0. The predicted octanol–water partition coefficient (Wildman–Crippen LogP) is 0.282. The summed E-state index contributed by atoms with van der Waals surface area (Å²) in [7, 11) is -10.0. The van der Waals surface area contributed by atoms with Gasteiger partial charge < -0.3 is 11.5 Å². The zero-order valence-electron chi connectivity index (χ0n) is 12.3. The van der Waals surface area contributed by atoms with Gasteiger partial charge in [-0.3, -0.25) is 9.11 Å². The van der Waals surface area contributed by atoms with Crippen molar-refractivity contribution >= 4 is 26.3 Å². The Balaban J connectivity index is 2.73. The minimum absolute atomic E-state index is 0.218. The molecule has 2 rings (SSSR count). The van der Waals surface area contributed by atoms with E-state index in [1.165, 1.54) is 6.08 Å². The summed E-state index contributed by atoms with van der Waals surface area (Å²) in [6.07, 6.45) is 4.20. The molecule has 2 unspecified atom stereocenters. The van der Waals surface area contributed by atoms with E-state index in [2.05, 4.69) is 0 Å². The Kier molecular flexibility index (Phi) is 4.59. The maximum atomic E-state index is 12.0. The molecule has 1 aliphatic rings. The van der Waals surface area contributed by atoms with E-state index in [0.717, 1.165) is 18.2 Å². The molecule has 0 saturated heterocycles. The monoisotopic (exact) mass is 372 g/mol. The van der Waals surface area contributed by atoms with E-state index in [0.29, 0.717) is 5.56 Å². The molecule has 2 atom stereocenters. The minimum atomic E-state index is -5.03. The molecule has 10 heteroatoms. The summed E-state index contributed by atoms with van der Waals surface area (Å²) in [5.41, 5.74) is 10.9. The summed E-state index contributed by atoms with van der Waals surface area (Å²) in [6.45, 7) is 0. The molecular formula is C14H16N2O6S2. The molecule has 0 bridgehead atoms. The van der Waals surface area contributed by atoms with Crippen LogP contribution < -0.4 is 11.5 Å². The van der Waals surface area contributed by atoms with Gasteiger partial charge in [-0.1, -0.05) is 48.6 Å². The maximum Gasteiger partial charge on any atom is 0.279 e. The van der Waals surface area contributed by atoms with E-state index >= 15 is 0 Å². The van der Waals surface area contributed by atoms with Crippen LogP contribution in [0.25, 0.3) is 6.08 Å². The zero-order valence-corrected chi connectivity index (χ0v) is 13.9. The van der Waals surface area contributed by atoms with Crippen molar-refractivity contribution in [3.63, 3.8) is 0 Å².